The monoisotopic (exact) mass is 324 g/mol. The number of carbonyl (C=O) groups is 3. The van der Waals surface area contributed by atoms with Crippen molar-refractivity contribution < 1.29 is 36.8 Å². The number of primary amides is 1. The molecule has 0 aliphatic rings. The zero-order chi connectivity index (χ0) is 16.6. The average Bonchev–Trinajstić information content (AvgIpc) is 2.30. The Bertz CT molecular complexity index is 527. The van der Waals surface area contributed by atoms with Gasteiger partial charge in [0.1, 0.15) is 18.4 Å². The van der Waals surface area contributed by atoms with Crippen molar-refractivity contribution >= 4 is 28.1 Å². The third-order valence-corrected chi connectivity index (χ3v) is 2.69. The molecule has 0 aliphatic carbocycles. The number of ether oxygens (including phenoxy) is 2. The molecule has 4 N–H and O–H groups in total. The number of amides is 1. The van der Waals surface area contributed by atoms with Gasteiger partial charge in [-0.15, -0.1) is 0 Å². The van der Waals surface area contributed by atoms with Gasteiger partial charge in [0.2, 0.25) is 0 Å². The molecule has 0 saturated heterocycles. The van der Waals surface area contributed by atoms with Gasteiger partial charge in [0.15, 0.2) is 0 Å². The van der Waals surface area contributed by atoms with Crippen LogP contribution in [-0.2, 0) is 29.2 Å². The van der Waals surface area contributed by atoms with E-state index >= 15 is 0 Å². The van der Waals surface area contributed by atoms with Crippen LogP contribution >= 0.6 is 0 Å². The van der Waals surface area contributed by atoms with Crippen molar-refractivity contribution in [2.45, 2.75) is 13.0 Å². The highest BCUT2D eigenvalue weighted by molar-refractivity contribution is 7.85. The molecular formula is C10H16N2O8S. The van der Waals surface area contributed by atoms with Gasteiger partial charge < -0.3 is 20.5 Å². The van der Waals surface area contributed by atoms with Crippen molar-refractivity contribution in [2.75, 3.05) is 18.9 Å². The summed E-state index contributed by atoms with van der Waals surface area (Å²) in [6.45, 7) is 4.45. The zero-order valence-corrected chi connectivity index (χ0v) is 12.0. The summed E-state index contributed by atoms with van der Waals surface area (Å²) in [5.41, 5.74) is 4.79. The predicted molar refractivity (Wildman–Crippen MR) is 69.7 cm³/mol. The number of carbonyl (C=O) groups excluding carboxylic acids is 3. The molecule has 0 fully saturated rings. The first-order chi connectivity index (χ1) is 9.53. The Hall–Kier alpha value is -1.98. The van der Waals surface area contributed by atoms with Gasteiger partial charge in [-0.1, -0.05) is 6.58 Å². The molecule has 0 unspecified atom stereocenters. The van der Waals surface area contributed by atoms with Crippen LogP contribution in [0.4, 0.5) is 4.79 Å². The Labute approximate surface area is 121 Å². The standard InChI is InChI=1S/C10H16N2O8S/c1-6(2)8(13)19-4-3-12-7(5-21(16,17)18)9(14)20-10(11)15/h7,12H,1,3-5H2,2H3,(H2,11,15)(H,16,17,18)/t7-/m0/s1. The first-order valence-electron chi connectivity index (χ1n) is 5.55. The van der Waals surface area contributed by atoms with Gasteiger partial charge in [-0.2, -0.15) is 8.42 Å². The van der Waals surface area contributed by atoms with Crippen LogP contribution in [0.2, 0.25) is 0 Å². The lowest BCUT2D eigenvalue weighted by atomic mass is 10.3. The number of nitrogens with two attached hydrogens (primary N) is 1. The Morgan fingerprint density at radius 3 is 2.38 bits per heavy atom. The predicted octanol–water partition coefficient (Wildman–Crippen LogP) is -1.43. The van der Waals surface area contributed by atoms with Crippen LogP contribution in [0.3, 0.4) is 0 Å². The number of esters is 2. The van der Waals surface area contributed by atoms with Crippen LogP contribution in [0.15, 0.2) is 12.2 Å². The van der Waals surface area contributed by atoms with E-state index in [1.807, 2.05) is 0 Å². The van der Waals surface area contributed by atoms with Crippen molar-refractivity contribution in [1.29, 1.82) is 0 Å². The quantitative estimate of drug-likeness (QED) is 0.160. The largest absolute Gasteiger partial charge is 0.461 e. The molecular weight excluding hydrogens is 308 g/mol. The number of hydrogen-bond donors (Lipinski definition) is 3. The van der Waals surface area contributed by atoms with Gasteiger partial charge in [-0.3, -0.25) is 4.55 Å². The van der Waals surface area contributed by atoms with E-state index < -0.39 is 39.9 Å². The minimum absolute atomic E-state index is 0.132. The lowest BCUT2D eigenvalue weighted by Gasteiger charge is -2.15. The van der Waals surface area contributed by atoms with Crippen LogP contribution in [0.25, 0.3) is 0 Å². The van der Waals surface area contributed by atoms with Crippen molar-refractivity contribution in [3.63, 3.8) is 0 Å². The number of rotatable bonds is 8. The highest BCUT2D eigenvalue weighted by Gasteiger charge is 2.26. The fourth-order valence-corrected chi connectivity index (χ4v) is 1.77. The fraction of sp³-hybridized carbons (Fsp3) is 0.500. The highest BCUT2D eigenvalue weighted by Crippen LogP contribution is 1.96. The number of nitrogens with one attached hydrogen (secondary N) is 1. The second kappa shape index (κ2) is 8.34. The zero-order valence-electron chi connectivity index (χ0n) is 11.2. The van der Waals surface area contributed by atoms with E-state index in [1.54, 1.807) is 0 Å². The molecule has 0 heterocycles. The molecule has 1 amide bonds. The van der Waals surface area contributed by atoms with E-state index in [9.17, 15) is 22.8 Å². The second-order valence-electron chi connectivity index (χ2n) is 3.91. The fourth-order valence-electron chi connectivity index (χ4n) is 1.09. The summed E-state index contributed by atoms with van der Waals surface area (Å²) in [5.74, 6) is -2.98. The third kappa shape index (κ3) is 9.54. The van der Waals surface area contributed by atoms with E-state index in [0.29, 0.717) is 0 Å². The SMILES string of the molecule is C=C(C)C(=O)OCCN[C@@H](CS(=O)(=O)O)C(=O)OC(N)=O. The Kier molecular flexibility index (Phi) is 7.55. The van der Waals surface area contributed by atoms with E-state index in [-0.39, 0.29) is 18.7 Å². The van der Waals surface area contributed by atoms with Gasteiger partial charge in [-0.25, -0.2) is 14.4 Å². The van der Waals surface area contributed by atoms with Gasteiger partial charge in [0.25, 0.3) is 10.1 Å². The molecule has 0 aromatic carbocycles. The van der Waals surface area contributed by atoms with E-state index in [0.717, 1.165) is 0 Å². The number of hydrogen-bond acceptors (Lipinski definition) is 8. The van der Waals surface area contributed by atoms with Crippen LogP contribution < -0.4 is 11.1 Å². The van der Waals surface area contributed by atoms with E-state index in [1.165, 1.54) is 6.92 Å². The van der Waals surface area contributed by atoms with Crippen LogP contribution in [-0.4, -0.2) is 55.9 Å². The summed E-state index contributed by atoms with van der Waals surface area (Å²) in [6, 6.07) is -1.55. The van der Waals surface area contributed by atoms with Crippen LogP contribution in [0.1, 0.15) is 6.92 Å². The summed E-state index contributed by atoms with van der Waals surface area (Å²) in [6.07, 6.45) is -1.42. The molecule has 120 valence electrons. The van der Waals surface area contributed by atoms with Crippen LogP contribution in [0.5, 0.6) is 0 Å². The van der Waals surface area contributed by atoms with Gasteiger partial charge in [0, 0.05) is 12.1 Å². The summed E-state index contributed by atoms with van der Waals surface area (Å²) < 4.78 is 38.9. The first kappa shape index (κ1) is 19.0. The van der Waals surface area contributed by atoms with Gasteiger partial charge >= 0.3 is 18.0 Å². The molecule has 21 heavy (non-hydrogen) atoms. The molecule has 0 aromatic heterocycles. The average molecular weight is 324 g/mol. The van der Waals surface area contributed by atoms with Crippen molar-refractivity contribution in [3.8, 4) is 0 Å². The summed E-state index contributed by atoms with van der Waals surface area (Å²) in [5, 5.41) is 2.35. The van der Waals surface area contributed by atoms with Gasteiger partial charge in [-0.05, 0) is 6.92 Å². The Balaban J connectivity index is 4.48. The molecule has 0 radical (unpaired) electrons. The molecule has 0 spiro atoms. The minimum atomic E-state index is -4.51. The summed E-state index contributed by atoms with van der Waals surface area (Å²) in [4.78, 5) is 32.9. The van der Waals surface area contributed by atoms with Crippen molar-refractivity contribution in [3.05, 3.63) is 12.2 Å². The maximum absolute atomic E-state index is 11.4. The molecule has 0 bridgehead atoms. The topological polar surface area (TPSA) is 162 Å². The Morgan fingerprint density at radius 1 is 1.38 bits per heavy atom. The molecule has 1 atom stereocenters. The van der Waals surface area contributed by atoms with Crippen molar-refractivity contribution in [2.24, 2.45) is 5.73 Å². The highest BCUT2D eigenvalue weighted by atomic mass is 32.2. The van der Waals surface area contributed by atoms with Crippen LogP contribution in [0, 0.1) is 0 Å². The Morgan fingerprint density at radius 2 is 1.95 bits per heavy atom. The van der Waals surface area contributed by atoms with E-state index in [2.05, 4.69) is 27.1 Å². The first-order valence-corrected chi connectivity index (χ1v) is 7.16. The molecule has 0 aromatic rings. The molecule has 0 saturated carbocycles. The summed E-state index contributed by atoms with van der Waals surface area (Å²) in [7, 11) is -4.51. The molecule has 10 nitrogen and oxygen atoms in total. The van der Waals surface area contributed by atoms with Gasteiger partial charge in [0.05, 0.1) is 0 Å². The normalized spacial score (nSPS) is 12.3. The third-order valence-electron chi connectivity index (χ3n) is 1.94. The lowest BCUT2D eigenvalue weighted by Crippen LogP contribution is -2.45. The molecule has 0 aliphatic heterocycles. The van der Waals surface area contributed by atoms with E-state index in [4.69, 9.17) is 4.55 Å². The van der Waals surface area contributed by atoms with Crippen molar-refractivity contribution in [1.82, 2.24) is 5.32 Å². The maximum atomic E-state index is 11.4. The molecule has 11 heteroatoms. The summed E-state index contributed by atoms with van der Waals surface area (Å²) >= 11 is 0. The maximum Gasteiger partial charge on any atom is 0.412 e. The molecule has 0 rings (SSSR count). The lowest BCUT2D eigenvalue weighted by molar-refractivity contribution is -0.139. The minimum Gasteiger partial charge on any atom is -0.461 e. The smallest absolute Gasteiger partial charge is 0.412 e. The second-order valence-corrected chi connectivity index (χ2v) is 5.41.